The number of carbonyl (C=O) groups excluding carboxylic acids is 1. The second-order valence-electron chi connectivity index (χ2n) is 5.74. The number of aromatic nitrogens is 1. The van der Waals surface area contributed by atoms with E-state index >= 15 is 0 Å². The molecule has 1 aliphatic heterocycles. The zero-order valence-corrected chi connectivity index (χ0v) is 12.4. The third kappa shape index (κ3) is 2.19. The van der Waals surface area contributed by atoms with Gasteiger partial charge in [-0.2, -0.15) is 0 Å². The maximum absolute atomic E-state index is 12.6. The Kier molecular flexibility index (Phi) is 3.19. The maximum atomic E-state index is 12.6. The second kappa shape index (κ2) is 5.34. The molecule has 0 atom stereocenters. The van der Waals surface area contributed by atoms with Gasteiger partial charge in [-0.25, -0.2) is 0 Å². The maximum Gasteiger partial charge on any atom is 0.228 e. The molecule has 1 aromatic heterocycles. The fourth-order valence-corrected chi connectivity index (χ4v) is 3.28. The summed E-state index contributed by atoms with van der Waals surface area (Å²) in [7, 11) is 0. The Morgan fingerprint density at radius 3 is 2.77 bits per heavy atom. The number of hydrogen-bond donors (Lipinski definition) is 0. The van der Waals surface area contributed by atoms with Crippen LogP contribution in [0.5, 0.6) is 0 Å². The van der Waals surface area contributed by atoms with Gasteiger partial charge in [-0.15, -0.1) is 0 Å². The van der Waals surface area contributed by atoms with Crippen molar-refractivity contribution in [3.05, 3.63) is 66.4 Å². The molecular formula is C19H18N2O. The summed E-state index contributed by atoms with van der Waals surface area (Å²) in [5, 5.41) is 1.22. The molecule has 2 aromatic carbocycles. The molecule has 2 heterocycles. The van der Waals surface area contributed by atoms with Crippen LogP contribution in [-0.4, -0.2) is 17.0 Å². The fourth-order valence-electron chi connectivity index (χ4n) is 3.28. The number of anilines is 1. The van der Waals surface area contributed by atoms with Gasteiger partial charge in [0, 0.05) is 36.9 Å². The van der Waals surface area contributed by atoms with Gasteiger partial charge in [0.2, 0.25) is 5.91 Å². The number of para-hydroxylation sites is 2. The van der Waals surface area contributed by atoms with E-state index in [2.05, 4.69) is 35.0 Å². The van der Waals surface area contributed by atoms with Gasteiger partial charge in [0.25, 0.3) is 0 Å². The van der Waals surface area contributed by atoms with Gasteiger partial charge in [-0.05, 0) is 35.6 Å². The summed E-state index contributed by atoms with van der Waals surface area (Å²) in [5.74, 6) is 0.211. The Morgan fingerprint density at radius 2 is 1.82 bits per heavy atom. The van der Waals surface area contributed by atoms with Crippen molar-refractivity contribution in [1.82, 2.24) is 4.57 Å². The second-order valence-corrected chi connectivity index (χ2v) is 5.74. The largest absolute Gasteiger partial charge is 0.347 e. The molecule has 3 aromatic rings. The zero-order chi connectivity index (χ0) is 14.9. The van der Waals surface area contributed by atoms with Crippen LogP contribution in [0, 0.1) is 0 Å². The minimum Gasteiger partial charge on any atom is -0.347 e. The number of benzene rings is 2. The summed E-state index contributed by atoms with van der Waals surface area (Å²) in [6.45, 7) is 1.54. The number of hydrogen-bond acceptors (Lipinski definition) is 1. The Balaban J connectivity index is 1.49. The van der Waals surface area contributed by atoms with Crippen molar-refractivity contribution < 1.29 is 4.79 Å². The lowest BCUT2D eigenvalue weighted by Crippen LogP contribution is -2.29. The van der Waals surface area contributed by atoms with Crippen LogP contribution in [0.15, 0.2) is 60.8 Å². The van der Waals surface area contributed by atoms with Crippen LogP contribution in [0.25, 0.3) is 10.9 Å². The number of fused-ring (bicyclic) bond motifs is 2. The Bertz CT molecular complexity index is 834. The van der Waals surface area contributed by atoms with Crippen molar-refractivity contribution in [2.24, 2.45) is 0 Å². The molecule has 1 amide bonds. The van der Waals surface area contributed by atoms with Crippen LogP contribution in [0.1, 0.15) is 12.0 Å². The summed E-state index contributed by atoms with van der Waals surface area (Å²) in [6.07, 6.45) is 3.57. The molecule has 22 heavy (non-hydrogen) atoms. The molecule has 0 aliphatic carbocycles. The molecule has 0 spiro atoms. The molecule has 3 nitrogen and oxygen atoms in total. The average molecular weight is 290 g/mol. The third-order valence-corrected chi connectivity index (χ3v) is 4.44. The molecule has 0 unspecified atom stereocenters. The van der Waals surface area contributed by atoms with Crippen molar-refractivity contribution in [2.75, 3.05) is 11.4 Å². The van der Waals surface area contributed by atoms with Gasteiger partial charge in [0.15, 0.2) is 0 Å². The van der Waals surface area contributed by atoms with Gasteiger partial charge in [-0.3, -0.25) is 4.79 Å². The quantitative estimate of drug-likeness (QED) is 0.723. The molecule has 0 radical (unpaired) electrons. The lowest BCUT2D eigenvalue weighted by Gasteiger charge is -2.17. The van der Waals surface area contributed by atoms with Gasteiger partial charge in [-0.1, -0.05) is 36.4 Å². The lowest BCUT2D eigenvalue weighted by molar-refractivity contribution is -0.118. The van der Waals surface area contributed by atoms with Crippen molar-refractivity contribution in [3.63, 3.8) is 0 Å². The van der Waals surface area contributed by atoms with E-state index in [9.17, 15) is 4.79 Å². The van der Waals surface area contributed by atoms with Crippen LogP contribution in [-0.2, 0) is 17.8 Å². The SMILES string of the molecule is O=C(CCn1ccc2ccccc21)N1CCc2ccccc21. The molecule has 0 bridgehead atoms. The van der Waals surface area contributed by atoms with Crippen molar-refractivity contribution in [3.8, 4) is 0 Å². The Morgan fingerprint density at radius 1 is 1.00 bits per heavy atom. The first-order valence-corrected chi connectivity index (χ1v) is 7.75. The van der Waals surface area contributed by atoms with E-state index in [-0.39, 0.29) is 5.91 Å². The molecule has 4 rings (SSSR count). The zero-order valence-electron chi connectivity index (χ0n) is 12.4. The molecule has 0 N–H and O–H groups in total. The predicted octanol–water partition coefficient (Wildman–Crippen LogP) is 3.62. The highest BCUT2D eigenvalue weighted by molar-refractivity contribution is 5.95. The lowest BCUT2D eigenvalue weighted by atomic mass is 10.2. The number of carbonyl (C=O) groups is 1. The van der Waals surface area contributed by atoms with Crippen LogP contribution >= 0.6 is 0 Å². The Labute approximate surface area is 129 Å². The molecule has 0 fully saturated rings. The average Bonchev–Trinajstić information content (AvgIpc) is 3.17. The summed E-state index contributed by atoms with van der Waals surface area (Å²) in [4.78, 5) is 14.5. The smallest absolute Gasteiger partial charge is 0.228 e. The molecule has 0 saturated carbocycles. The number of amides is 1. The normalized spacial score (nSPS) is 13.5. The molecular weight excluding hydrogens is 272 g/mol. The summed E-state index contributed by atoms with van der Waals surface area (Å²) in [6, 6.07) is 18.6. The van der Waals surface area contributed by atoms with Crippen LogP contribution < -0.4 is 4.90 Å². The highest BCUT2D eigenvalue weighted by Crippen LogP contribution is 2.28. The highest BCUT2D eigenvalue weighted by atomic mass is 16.2. The molecule has 0 saturated heterocycles. The van der Waals surface area contributed by atoms with E-state index in [1.807, 2.05) is 35.2 Å². The van der Waals surface area contributed by atoms with Crippen LogP contribution in [0.3, 0.4) is 0 Å². The topological polar surface area (TPSA) is 25.2 Å². The predicted molar refractivity (Wildman–Crippen MR) is 89.1 cm³/mol. The first-order chi connectivity index (χ1) is 10.8. The van der Waals surface area contributed by atoms with Crippen LogP contribution in [0.2, 0.25) is 0 Å². The van der Waals surface area contributed by atoms with E-state index in [0.29, 0.717) is 6.42 Å². The number of aryl methyl sites for hydroxylation is 1. The molecule has 3 heteroatoms. The van der Waals surface area contributed by atoms with E-state index in [0.717, 1.165) is 25.2 Å². The monoisotopic (exact) mass is 290 g/mol. The standard InChI is InChI=1S/C19H18N2O/c22-19(21-14-10-16-6-2-4-8-18(16)21)11-13-20-12-9-15-5-1-3-7-17(15)20/h1-9,12H,10-11,13-14H2. The van der Waals surface area contributed by atoms with Gasteiger partial charge >= 0.3 is 0 Å². The number of nitrogens with zero attached hydrogens (tertiary/aromatic N) is 2. The van der Waals surface area contributed by atoms with Gasteiger partial charge < -0.3 is 9.47 Å². The first-order valence-electron chi connectivity index (χ1n) is 7.75. The third-order valence-electron chi connectivity index (χ3n) is 4.44. The first kappa shape index (κ1) is 13.1. The fraction of sp³-hybridized carbons (Fsp3) is 0.211. The van der Waals surface area contributed by atoms with Crippen molar-refractivity contribution in [1.29, 1.82) is 0 Å². The highest BCUT2D eigenvalue weighted by Gasteiger charge is 2.23. The van der Waals surface area contributed by atoms with Gasteiger partial charge in [0.1, 0.15) is 0 Å². The van der Waals surface area contributed by atoms with Crippen molar-refractivity contribution >= 4 is 22.5 Å². The molecule has 1 aliphatic rings. The van der Waals surface area contributed by atoms with Gasteiger partial charge in [0.05, 0.1) is 0 Å². The van der Waals surface area contributed by atoms with Crippen LogP contribution in [0.4, 0.5) is 5.69 Å². The Hall–Kier alpha value is -2.55. The summed E-state index contributed by atoms with van der Waals surface area (Å²) in [5.41, 5.74) is 3.56. The van der Waals surface area contributed by atoms with E-state index in [1.54, 1.807) is 0 Å². The van der Waals surface area contributed by atoms with E-state index < -0.39 is 0 Å². The van der Waals surface area contributed by atoms with Crippen molar-refractivity contribution in [2.45, 2.75) is 19.4 Å². The number of rotatable bonds is 3. The minimum absolute atomic E-state index is 0.211. The minimum atomic E-state index is 0.211. The summed E-state index contributed by atoms with van der Waals surface area (Å²) >= 11 is 0. The van der Waals surface area contributed by atoms with E-state index in [4.69, 9.17) is 0 Å². The molecule has 110 valence electrons. The summed E-state index contributed by atoms with van der Waals surface area (Å²) < 4.78 is 2.16. The van der Waals surface area contributed by atoms with E-state index in [1.165, 1.54) is 16.5 Å².